The van der Waals surface area contributed by atoms with Gasteiger partial charge in [-0.1, -0.05) is 5.16 Å². The molecule has 1 saturated heterocycles. The number of aromatic nitrogens is 2. The molecule has 2 aromatic heterocycles. The third kappa shape index (κ3) is 2.30. The zero-order valence-corrected chi connectivity index (χ0v) is 11.9. The fourth-order valence-corrected chi connectivity index (χ4v) is 2.65. The Balaban J connectivity index is 1.72. The molecule has 1 amide bonds. The van der Waals surface area contributed by atoms with Crippen LogP contribution in [-0.2, 0) is 0 Å². The van der Waals surface area contributed by atoms with Crippen LogP contribution in [0.5, 0.6) is 0 Å². The molecule has 0 N–H and O–H groups in total. The highest BCUT2D eigenvalue weighted by molar-refractivity contribution is 9.10. The van der Waals surface area contributed by atoms with E-state index < -0.39 is 0 Å². The van der Waals surface area contributed by atoms with E-state index in [9.17, 15) is 4.79 Å². The second-order valence-corrected chi connectivity index (χ2v) is 5.24. The molecule has 100 valence electrons. The Labute approximate surface area is 117 Å². The van der Waals surface area contributed by atoms with Crippen molar-refractivity contribution in [2.75, 3.05) is 13.1 Å². The zero-order valence-electron chi connectivity index (χ0n) is 10.3. The minimum absolute atomic E-state index is 0.0423. The lowest BCUT2D eigenvalue weighted by molar-refractivity contribution is 0.0787. The number of furan rings is 1. The molecule has 3 rings (SSSR count). The summed E-state index contributed by atoms with van der Waals surface area (Å²) in [5.74, 6) is 1.31. The Morgan fingerprint density at radius 2 is 2.42 bits per heavy atom. The van der Waals surface area contributed by atoms with Gasteiger partial charge in [-0.15, -0.1) is 0 Å². The molecule has 0 unspecified atom stereocenters. The van der Waals surface area contributed by atoms with Gasteiger partial charge in [0.05, 0.1) is 17.7 Å². The Hall–Kier alpha value is -1.63. The van der Waals surface area contributed by atoms with Crippen molar-refractivity contribution >= 4 is 21.8 Å². The van der Waals surface area contributed by atoms with Gasteiger partial charge in [0.15, 0.2) is 10.5 Å². The number of hydrogen-bond donors (Lipinski definition) is 0. The molecule has 7 heteroatoms. The molecule has 0 aliphatic carbocycles. The summed E-state index contributed by atoms with van der Waals surface area (Å²) in [4.78, 5) is 18.3. The average molecular weight is 326 g/mol. The van der Waals surface area contributed by atoms with Gasteiger partial charge in [-0.3, -0.25) is 4.79 Å². The number of rotatable bonds is 2. The normalized spacial score (nSPS) is 19.1. The van der Waals surface area contributed by atoms with Gasteiger partial charge in [0, 0.05) is 13.1 Å². The molecule has 6 nitrogen and oxygen atoms in total. The quantitative estimate of drug-likeness (QED) is 0.847. The summed E-state index contributed by atoms with van der Waals surface area (Å²) in [7, 11) is 0. The summed E-state index contributed by atoms with van der Waals surface area (Å²) in [5, 5.41) is 3.78. The molecular weight excluding hydrogens is 314 g/mol. The van der Waals surface area contributed by atoms with E-state index in [0.29, 0.717) is 35.0 Å². The first-order valence-corrected chi connectivity index (χ1v) is 6.77. The summed E-state index contributed by atoms with van der Waals surface area (Å²) in [5.41, 5.74) is 0.544. The number of carbonyl (C=O) groups excluding carboxylic acids is 1. The van der Waals surface area contributed by atoms with Gasteiger partial charge >= 0.3 is 0 Å². The van der Waals surface area contributed by atoms with Crippen LogP contribution in [-0.4, -0.2) is 34.0 Å². The van der Waals surface area contributed by atoms with E-state index in [-0.39, 0.29) is 11.8 Å². The predicted octanol–water partition coefficient (Wildman–Crippen LogP) is 2.36. The summed E-state index contributed by atoms with van der Waals surface area (Å²) in [6.07, 6.45) is 2.33. The van der Waals surface area contributed by atoms with Gasteiger partial charge in [-0.2, -0.15) is 4.98 Å². The average Bonchev–Trinajstić information content (AvgIpc) is 3.07. The smallest absolute Gasteiger partial charge is 0.258 e. The first kappa shape index (κ1) is 12.4. The highest BCUT2D eigenvalue weighted by Gasteiger charge is 2.32. The molecule has 2 aromatic rings. The molecule has 1 atom stereocenters. The van der Waals surface area contributed by atoms with E-state index in [1.54, 1.807) is 17.9 Å². The maximum atomic E-state index is 12.3. The van der Waals surface area contributed by atoms with Gasteiger partial charge in [-0.25, -0.2) is 0 Å². The number of nitrogens with zero attached hydrogens (tertiary/aromatic N) is 3. The van der Waals surface area contributed by atoms with E-state index in [1.807, 2.05) is 0 Å². The summed E-state index contributed by atoms with van der Waals surface area (Å²) >= 11 is 3.22. The number of likely N-dealkylation sites (tertiary alicyclic amines) is 1. The van der Waals surface area contributed by atoms with Crippen molar-refractivity contribution in [3.63, 3.8) is 0 Å². The second kappa shape index (κ2) is 4.80. The summed E-state index contributed by atoms with van der Waals surface area (Å²) in [6.45, 7) is 3.06. The van der Waals surface area contributed by atoms with Crippen LogP contribution in [0.2, 0.25) is 0 Å². The molecular formula is C12H12BrN3O3. The standard InChI is InChI=1S/C12H12BrN3O3/c1-7-14-11(19-15-7)8-2-4-16(6-8)12(17)9-3-5-18-10(9)13/h3,5,8H,2,4,6H2,1H3/t8-/m0/s1. The Kier molecular flexibility index (Phi) is 3.14. The lowest BCUT2D eigenvalue weighted by Crippen LogP contribution is -2.28. The lowest BCUT2D eigenvalue weighted by Gasteiger charge is -2.14. The van der Waals surface area contributed by atoms with E-state index in [2.05, 4.69) is 26.1 Å². The molecule has 1 aliphatic heterocycles. The van der Waals surface area contributed by atoms with Crippen LogP contribution in [0.1, 0.15) is 34.4 Å². The molecule has 19 heavy (non-hydrogen) atoms. The molecule has 3 heterocycles. The largest absolute Gasteiger partial charge is 0.457 e. The maximum Gasteiger partial charge on any atom is 0.258 e. The van der Waals surface area contributed by atoms with Crippen LogP contribution >= 0.6 is 15.9 Å². The van der Waals surface area contributed by atoms with Gasteiger partial charge in [0.25, 0.3) is 5.91 Å². The SMILES string of the molecule is Cc1noc([C@H]2CCN(C(=O)c3ccoc3Br)C2)n1. The highest BCUT2D eigenvalue weighted by Crippen LogP contribution is 2.28. The Morgan fingerprint density at radius 1 is 1.58 bits per heavy atom. The molecule has 1 aliphatic rings. The van der Waals surface area contributed by atoms with Gasteiger partial charge in [0.2, 0.25) is 5.89 Å². The molecule has 0 radical (unpaired) electrons. The number of aryl methyl sites for hydroxylation is 1. The van der Waals surface area contributed by atoms with Crippen molar-refractivity contribution in [1.29, 1.82) is 0 Å². The van der Waals surface area contributed by atoms with Crippen LogP contribution < -0.4 is 0 Å². The van der Waals surface area contributed by atoms with Crippen LogP contribution in [0.25, 0.3) is 0 Å². The molecule has 1 fully saturated rings. The lowest BCUT2D eigenvalue weighted by atomic mass is 10.1. The topological polar surface area (TPSA) is 72.4 Å². The molecule has 0 bridgehead atoms. The van der Waals surface area contributed by atoms with Gasteiger partial charge in [0.1, 0.15) is 0 Å². The van der Waals surface area contributed by atoms with Gasteiger partial charge < -0.3 is 13.8 Å². The zero-order chi connectivity index (χ0) is 13.4. The first-order valence-electron chi connectivity index (χ1n) is 5.97. The van der Waals surface area contributed by atoms with Gasteiger partial charge in [-0.05, 0) is 35.3 Å². The van der Waals surface area contributed by atoms with E-state index in [0.717, 1.165) is 6.42 Å². The van der Waals surface area contributed by atoms with Crippen molar-refractivity contribution in [3.05, 3.63) is 34.3 Å². The minimum Gasteiger partial charge on any atom is -0.457 e. The Morgan fingerprint density at radius 3 is 3.05 bits per heavy atom. The van der Waals surface area contributed by atoms with Crippen LogP contribution in [0, 0.1) is 6.92 Å². The number of halogens is 1. The maximum absolute atomic E-state index is 12.3. The van der Waals surface area contributed by atoms with Crippen molar-refractivity contribution < 1.29 is 13.7 Å². The third-order valence-electron chi connectivity index (χ3n) is 3.22. The highest BCUT2D eigenvalue weighted by atomic mass is 79.9. The van der Waals surface area contributed by atoms with Crippen molar-refractivity contribution in [2.24, 2.45) is 0 Å². The van der Waals surface area contributed by atoms with Crippen molar-refractivity contribution in [3.8, 4) is 0 Å². The van der Waals surface area contributed by atoms with E-state index in [4.69, 9.17) is 8.94 Å². The van der Waals surface area contributed by atoms with Crippen LogP contribution in [0.3, 0.4) is 0 Å². The Bertz CT molecular complexity index is 607. The molecule has 0 saturated carbocycles. The number of amides is 1. The fourth-order valence-electron chi connectivity index (χ4n) is 2.24. The summed E-state index contributed by atoms with van der Waals surface area (Å²) in [6, 6.07) is 1.66. The monoisotopic (exact) mass is 325 g/mol. The van der Waals surface area contributed by atoms with Crippen LogP contribution in [0.15, 0.2) is 25.9 Å². The van der Waals surface area contributed by atoms with Crippen molar-refractivity contribution in [2.45, 2.75) is 19.3 Å². The molecule has 0 spiro atoms. The minimum atomic E-state index is -0.0423. The molecule has 0 aromatic carbocycles. The summed E-state index contributed by atoms with van der Waals surface area (Å²) < 4.78 is 10.7. The van der Waals surface area contributed by atoms with E-state index >= 15 is 0 Å². The van der Waals surface area contributed by atoms with E-state index in [1.165, 1.54) is 6.26 Å². The number of carbonyl (C=O) groups is 1. The third-order valence-corrected chi connectivity index (χ3v) is 3.83. The predicted molar refractivity (Wildman–Crippen MR) is 68.7 cm³/mol. The second-order valence-electron chi connectivity index (χ2n) is 4.52. The first-order chi connectivity index (χ1) is 9.15. The fraction of sp³-hybridized carbons (Fsp3) is 0.417. The van der Waals surface area contributed by atoms with Crippen LogP contribution in [0.4, 0.5) is 0 Å². The number of hydrogen-bond acceptors (Lipinski definition) is 5. The van der Waals surface area contributed by atoms with Crippen molar-refractivity contribution in [1.82, 2.24) is 15.0 Å².